The molecule has 23 heavy (non-hydrogen) atoms. The summed E-state index contributed by atoms with van der Waals surface area (Å²) in [4.78, 5) is 23.0. The van der Waals surface area contributed by atoms with Crippen molar-refractivity contribution >= 4 is 11.9 Å². The summed E-state index contributed by atoms with van der Waals surface area (Å²) in [7, 11) is 0. The van der Waals surface area contributed by atoms with E-state index in [1.165, 1.54) is 25.1 Å². The molecule has 0 saturated carbocycles. The van der Waals surface area contributed by atoms with Crippen molar-refractivity contribution < 1.29 is 27.9 Å². The highest BCUT2D eigenvalue weighted by atomic mass is 19.4. The number of alkyl halides is 3. The molecular weight excluding hydrogens is 311 g/mol. The number of hydrogen-bond donors (Lipinski definition) is 2. The van der Waals surface area contributed by atoms with Gasteiger partial charge >= 0.3 is 12.1 Å². The quantitative estimate of drug-likeness (QED) is 0.839. The molecule has 4 nitrogen and oxygen atoms in total. The first-order valence-corrected chi connectivity index (χ1v) is 7.22. The standard InChI is InChI=1S/C16H20F3NO3/c1-9(2)14(15(22)23)20-13(21)8-10(3)11-6-4-5-7-12(11)16(17,18)19/h4-7,9-10,14H,8H2,1-3H3,(H,20,21)(H,22,23). The number of carbonyl (C=O) groups is 2. The maximum Gasteiger partial charge on any atom is 0.416 e. The molecule has 0 bridgehead atoms. The normalized spacial score (nSPS) is 14.4. The van der Waals surface area contributed by atoms with Crippen LogP contribution in [0.3, 0.4) is 0 Å². The van der Waals surface area contributed by atoms with E-state index in [1.807, 2.05) is 0 Å². The Bertz CT molecular complexity index is 570. The lowest BCUT2D eigenvalue weighted by Gasteiger charge is -2.21. The third kappa shape index (κ3) is 5.26. The fourth-order valence-corrected chi connectivity index (χ4v) is 2.32. The second-order valence-corrected chi connectivity index (χ2v) is 5.82. The van der Waals surface area contributed by atoms with Crippen LogP contribution in [0.15, 0.2) is 24.3 Å². The zero-order valence-electron chi connectivity index (χ0n) is 13.1. The Labute approximate surface area is 132 Å². The molecule has 1 aromatic carbocycles. The molecule has 0 heterocycles. The van der Waals surface area contributed by atoms with Gasteiger partial charge in [-0.2, -0.15) is 13.2 Å². The molecular formula is C16H20F3NO3. The maximum atomic E-state index is 13.0. The number of carboxylic acid groups (broad SMARTS) is 1. The minimum atomic E-state index is -4.50. The molecule has 1 rings (SSSR count). The molecule has 0 fully saturated rings. The fraction of sp³-hybridized carbons (Fsp3) is 0.500. The molecule has 0 aliphatic carbocycles. The van der Waals surface area contributed by atoms with Crippen molar-refractivity contribution in [3.63, 3.8) is 0 Å². The van der Waals surface area contributed by atoms with Gasteiger partial charge in [-0.3, -0.25) is 4.79 Å². The third-order valence-corrected chi connectivity index (χ3v) is 3.54. The van der Waals surface area contributed by atoms with Crippen molar-refractivity contribution in [1.29, 1.82) is 0 Å². The van der Waals surface area contributed by atoms with Gasteiger partial charge in [0.1, 0.15) is 6.04 Å². The zero-order valence-corrected chi connectivity index (χ0v) is 13.1. The lowest BCUT2D eigenvalue weighted by molar-refractivity contribution is -0.143. The van der Waals surface area contributed by atoms with E-state index in [0.29, 0.717) is 0 Å². The molecule has 128 valence electrons. The van der Waals surface area contributed by atoms with Gasteiger partial charge in [0.05, 0.1) is 5.56 Å². The molecule has 0 saturated heterocycles. The third-order valence-electron chi connectivity index (χ3n) is 3.54. The lowest BCUT2D eigenvalue weighted by atomic mass is 9.92. The van der Waals surface area contributed by atoms with E-state index in [9.17, 15) is 22.8 Å². The molecule has 2 N–H and O–H groups in total. The van der Waals surface area contributed by atoms with Crippen LogP contribution in [0.2, 0.25) is 0 Å². The van der Waals surface area contributed by atoms with E-state index in [-0.39, 0.29) is 17.9 Å². The predicted octanol–water partition coefficient (Wildman–Crippen LogP) is 3.42. The summed E-state index contributed by atoms with van der Waals surface area (Å²) >= 11 is 0. The van der Waals surface area contributed by atoms with E-state index < -0.39 is 35.6 Å². The van der Waals surface area contributed by atoms with Crippen molar-refractivity contribution in [3.8, 4) is 0 Å². The first-order chi connectivity index (χ1) is 10.5. The van der Waals surface area contributed by atoms with Crippen molar-refractivity contribution in [2.45, 2.75) is 45.3 Å². The van der Waals surface area contributed by atoms with Crippen LogP contribution >= 0.6 is 0 Å². The van der Waals surface area contributed by atoms with Crippen molar-refractivity contribution in [2.24, 2.45) is 5.92 Å². The summed E-state index contributed by atoms with van der Waals surface area (Å²) in [6.07, 6.45) is -4.72. The molecule has 0 radical (unpaired) electrons. The predicted molar refractivity (Wildman–Crippen MR) is 78.9 cm³/mol. The number of aliphatic carboxylic acids is 1. The van der Waals surface area contributed by atoms with Gasteiger partial charge < -0.3 is 10.4 Å². The number of halogens is 3. The number of nitrogens with one attached hydrogen (secondary N) is 1. The average Bonchev–Trinajstić information content (AvgIpc) is 2.43. The van der Waals surface area contributed by atoms with Crippen molar-refractivity contribution in [1.82, 2.24) is 5.32 Å². The molecule has 0 aromatic heterocycles. The second kappa shape index (κ2) is 7.48. The highest BCUT2D eigenvalue weighted by molar-refractivity contribution is 5.84. The lowest BCUT2D eigenvalue weighted by Crippen LogP contribution is -2.44. The van der Waals surface area contributed by atoms with E-state index in [0.717, 1.165) is 6.07 Å². The number of carboxylic acids is 1. The van der Waals surface area contributed by atoms with E-state index in [4.69, 9.17) is 5.11 Å². The first-order valence-electron chi connectivity index (χ1n) is 7.22. The van der Waals surface area contributed by atoms with Crippen molar-refractivity contribution in [2.75, 3.05) is 0 Å². The Balaban J connectivity index is 2.86. The minimum Gasteiger partial charge on any atom is -0.480 e. The smallest absolute Gasteiger partial charge is 0.416 e. The van der Waals surface area contributed by atoms with Gasteiger partial charge in [0.2, 0.25) is 5.91 Å². The molecule has 0 aliphatic rings. The summed E-state index contributed by atoms with van der Waals surface area (Å²) in [6, 6.07) is 4.01. The maximum absolute atomic E-state index is 13.0. The molecule has 0 aliphatic heterocycles. The van der Waals surface area contributed by atoms with Gasteiger partial charge in [-0.1, -0.05) is 39.0 Å². The number of carbonyl (C=O) groups excluding carboxylic acids is 1. The number of benzene rings is 1. The minimum absolute atomic E-state index is 0.0200. The summed E-state index contributed by atoms with van der Waals surface area (Å²) < 4.78 is 39.0. The fourth-order valence-electron chi connectivity index (χ4n) is 2.32. The summed E-state index contributed by atoms with van der Waals surface area (Å²) in [5.74, 6) is -2.77. The van der Waals surface area contributed by atoms with Gasteiger partial charge in [0, 0.05) is 6.42 Å². The first kappa shape index (κ1) is 19.0. The van der Waals surface area contributed by atoms with Crippen LogP contribution in [-0.2, 0) is 15.8 Å². The topological polar surface area (TPSA) is 66.4 Å². The zero-order chi connectivity index (χ0) is 17.8. The second-order valence-electron chi connectivity index (χ2n) is 5.82. The average molecular weight is 331 g/mol. The molecule has 7 heteroatoms. The summed E-state index contributed by atoms with van der Waals surface area (Å²) in [5.41, 5.74) is -0.759. The summed E-state index contributed by atoms with van der Waals surface area (Å²) in [6.45, 7) is 4.79. The largest absolute Gasteiger partial charge is 0.480 e. The summed E-state index contributed by atoms with van der Waals surface area (Å²) in [5, 5.41) is 11.4. The number of rotatable bonds is 6. The number of amides is 1. The van der Waals surface area contributed by atoms with Crippen LogP contribution in [0.25, 0.3) is 0 Å². The van der Waals surface area contributed by atoms with E-state index in [1.54, 1.807) is 13.8 Å². The van der Waals surface area contributed by atoms with Crippen molar-refractivity contribution in [3.05, 3.63) is 35.4 Å². The van der Waals surface area contributed by atoms with Crippen LogP contribution in [0.4, 0.5) is 13.2 Å². The Hall–Kier alpha value is -2.05. The van der Waals surface area contributed by atoms with Gasteiger partial charge in [-0.25, -0.2) is 4.79 Å². The molecule has 1 amide bonds. The Kier molecular flexibility index (Phi) is 6.18. The SMILES string of the molecule is CC(CC(=O)NC(C(=O)O)C(C)C)c1ccccc1C(F)(F)F. The van der Waals surface area contributed by atoms with E-state index in [2.05, 4.69) is 5.32 Å². The highest BCUT2D eigenvalue weighted by Crippen LogP contribution is 2.35. The van der Waals surface area contributed by atoms with Crippen LogP contribution in [-0.4, -0.2) is 23.0 Å². The van der Waals surface area contributed by atoms with Crippen LogP contribution < -0.4 is 5.32 Å². The van der Waals surface area contributed by atoms with Gasteiger partial charge in [-0.15, -0.1) is 0 Å². The molecule has 1 aromatic rings. The van der Waals surface area contributed by atoms with Crippen LogP contribution in [0.1, 0.15) is 44.2 Å². The molecule has 2 atom stereocenters. The van der Waals surface area contributed by atoms with Crippen LogP contribution in [0.5, 0.6) is 0 Å². The monoisotopic (exact) mass is 331 g/mol. The highest BCUT2D eigenvalue weighted by Gasteiger charge is 2.34. The molecule has 0 spiro atoms. The van der Waals surface area contributed by atoms with Crippen LogP contribution in [0, 0.1) is 5.92 Å². The van der Waals surface area contributed by atoms with Gasteiger partial charge in [0.15, 0.2) is 0 Å². The Morgan fingerprint density at radius 3 is 2.22 bits per heavy atom. The Morgan fingerprint density at radius 1 is 1.17 bits per heavy atom. The Morgan fingerprint density at radius 2 is 1.74 bits per heavy atom. The van der Waals surface area contributed by atoms with E-state index >= 15 is 0 Å². The molecule has 2 unspecified atom stereocenters. The van der Waals surface area contributed by atoms with Gasteiger partial charge in [-0.05, 0) is 23.5 Å². The van der Waals surface area contributed by atoms with Gasteiger partial charge in [0.25, 0.3) is 0 Å². The number of hydrogen-bond acceptors (Lipinski definition) is 2.